The smallest absolute Gasteiger partial charge is 0.339 e. The third kappa shape index (κ3) is 5.06. The van der Waals surface area contributed by atoms with Crippen molar-refractivity contribution in [1.29, 1.82) is 0 Å². The van der Waals surface area contributed by atoms with E-state index >= 15 is 0 Å². The van der Waals surface area contributed by atoms with Gasteiger partial charge in [-0.15, -0.1) is 11.3 Å². The van der Waals surface area contributed by atoms with Gasteiger partial charge >= 0.3 is 5.97 Å². The van der Waals surface area contributed by atoms with E-state index in [1.165, 1.54) is 0 Å². The number of fused-ring (bicyclic) bond motifs is 1. The molecule has 1 N–H and O–H groups in total. The second kappa shape index (κ2) is 10.3. The summed E-state index contributed by atoms with van der Waals surface area (Å²) in [6.07, 6.45) is 0.613. The van der Waals surface area contributed by atoms with Crippen LogP contribution >= 0.6 is 23.1 Å². The molecule has 0 saturated carbocycles. The lowest BCUT2D eigenvalue weighted by Gasteiger charge is -2.18. The van der Waals surface area contributed by atoms with Crippen molar-refractivity contribution in [3.63, 3.8) is 0 Å². The van der Waals surface area contributed by atoms with E-state index in [-0.39, 0.29) is 5.78 Å². The van der Waals surface area contributed by atoms with Crippen LogP contribution in [-0.2, 0) is 10.5 Å². The first-order chi connectivity index (χ1) is 17.1. The molecule has 0 aliphatic heterocycles. The van der Waals surface area contributed by atoms with Crippen molar-refractivity contribution in [3.05, 3.63) is 118 Å². The summed E-state index contributed by atoms with van der Waals surface area (Å²) in [6, 6.07) is 24.1. The SMILES string of the molecule is Cc1csc(SCc2ccccc2C(=O)O[C@@H](C(=O)c2c[nH]c3ccccc23)c2ccccc2)n1. The summed E-state index contributed by atoms with van der Waals surface area (Å²) in [7, 11) is 0. The fraction of sp³-hybridized carbons (Fsp3) is 0.107. The molecular weight excluding hydrogens is 476 g/mol. The van der Waals surface area contributed by atoms with Crippen molar-refractivity contribution >= 4 is 45.8 Å². The van der Waals surface area contributed by atoms with Crippen molar-refractivity contribution in [2.45, 2.75) is 23.1 Å². The van der Waals surface area contributed by atoms with Gasteiger partial charge in [0.25, 0.3) is 0 Å². The fourth-order valence-corrected chi connectivity index (χ4v) is 5.72. The number of esters is 1. The van der Waals surface area contributed by atoms with Gasteiger partial charge in [-0.25, -0.2) is 9.78 Å². The van der Waals surface area contributed by atoms with Crippen molar-refractivity contribution in [3.8, 4) is 0 Å². The third-order valence-electron chi connectivity index (χ3n) is 5.61. The van der Waals surface area contributed by atoms with E-state index in [9.17, 15) is 9.59 Å². The van der Waals surface area contributed by atoms with Crippen LogP contribution in [0.1, 0.15) is 43.6 Å². The number of nitrogens with zero attached hydrogens (tertiary/aromatic N) is 1. The Hall–Kier alpha value is -3.68. The molecule has 0 aliphatic rings. The van der Waals surface area contributed by atoms with Crippen LogP contribution in [0.3, 0.4) is 0 Å². The molecule has 0 amide bonds. The monoisotopic (exact) mass is 498 g/mol. The minimum atomic E-state index is -1.06. The summed E-state index contributed by atoms with van der Waals surface area (Å²) in [5.74, 6) is -0.226. The first-order valence-electron chi connectivity index (χ1n) is 11.1. The first-order valence-corrected chi connectivity index (χ1v) is 13.0. The predicted octanol–water partition coefficient (Wildman–Crippen LogP) is 7.01. The standard InChI is InChI=1S/C28H22N2O3S2/c1-18-16-34-28(30-18)35-17-20-11-5-6-12-21(20)27(32)33-26(19-9-3-2-4-10-19)25(31)23-15-29-24-14-8-7-13-22(23)24/h2-16,26,29H,17H2,1H3/t26-/m1/s1. The van der Waals surface area contributed by atoms with Crippen molar-refractivity contribution in [2.75, 3.05) is 0 Å². The molecule has 3 aromatic carbocycles. The number of benzene rings is 3. The predicted molar refractivity (Wildman–Crippen MR) is 140 cm³/mol. The summed E-state index contributed by atoms with van der Waals surface area (Å²) < 4.78 is 6.88. The number of thioether (sulfide) groups is 1. The van der Waals surface area contributed by atoms with Crippen LogP contribution in [0.25, 0.3) is 10.9 Å². The number of carbonyl (C=O) groups is 2. The topological polar surface area (TPSA) is 72.1 Å². The van der Waals surface area contributed by atoms with Crippen LogP contribution in [0, 0.1) is 6.92 Å². The van der Waals surface area contributed by atoms with Crippen LogP contribution in [-0.4, -0.2) is 21.7 Å². The van der Waals surface area contributed by atoms with E-state index in [1.807, 2.05) is 66.9 Å². The van der Waals surface area contributed by atoms with Crippen molar-refractivity contribution in [2.24, 2.45) is 0 Å². The van der Waals surface area contributed by atoms with Crippen molar-refractivity contribution in [1.82, 2.24) is 9.97 Å². The zero-order valence-corrected chi connectivity index (χ0v) is 20.6. The van der Waals surface area contributed by atoms with Gasteiger partial charge in [0, 0.05) is 45.1 Å². The van der Waals surface area contributed by atoms with Gasteiger partial charge < -0.3 is 9.72 Å². The second-order valence-corrected chi connectivity index (χ2v) is 10.1. The molecule has 0 bridgehead atoms. The van der Waals surface area contributed by atoms with E-state index in [0.29, 0.717) is 22.4 Å². The average Bonchev–Trinajstić information content (AvgIpc) is 3.52. The molecule has 2 aromatic heterocycles. The van der Waals surface area contributed by atoms with E-state index in [2.05, 4.69) is 9.97 Å². The third-order valence-corrected chi connectivity index (χ3v) is 7.79. The molecule has 0 fully saturated rings. The highest BCUT2D eigenvalue weighted by atomic mass is 32.2. The Balaban J connectivity index is 1.43. The molecule has 0 aliphatic carbocycles. The molecule has 35 heavy (non-hydrogen) atoms. The van der Waals surface area contributed by atoms with Crippen LogP contribution in [0.4, 0.5) is 0 Å². The number of thiazole rings is 1. The summed E-state index contributed by atoms with van der Waals surface area (Å²) in [4.78, 5) is 34.7. The number of ketones is 1. The van der Waals surface area contributed by atoms with Gasteiger partial charge in [0.2, 0.25) is 5.78 Å². The average molecular weight is 499 g/mol. The number of aromatic amines is 1. The maximum atomic E-state index is 13.7. The fourth-order valence-electron chi connectivity index (χ4n) is 3.87. The lowest BCUT2D eigenvalue weighted by atomic mass is 9.99. The van der Waals surface area contributed by atoms with Crippen LogP contribution in [0.2, 0.25) is 0 Å². The first kappa shape index (κ1) is 23.1. The van der Waals surface area contributed by atoms with Crippen molar-refractivity contribution < 1.29 is 14.3 Å². The highest BCUT2D eigenvalue weighted by molar-refractivity contribution is 8.00. The van der Waals surface area contributed by atoms with Gasteiger partial charge in [-0.1, -0.05) is 78.5 Å². The molecule has 5 aromatic rings. The number of aromatic nitrogens is 2. The lowest BCUT2D eigenvalue weighted by Crippen LogP contribution is -2.21. The zero-order chi connectivity index (χ0) is 24.2. The number of H-pyrrole nitrogens is 1. The van der Waals surface area contributed by atoms with E-state index in [0.717, 1.165) is 26.5 Å². The maximum absolute atomic E-state index is 13.7. The molecule has 174 valence electrons. The molecule has 1 atom stereocenters. The summed E-state index contributed by atoms with van der Waals surface area (Å²) in [5.41, 5.74) is 4.23. The minimum Gasteiger partial charge on any atom is -0.445 e. The molecule has 0 spiro atoms. The molecule has 2 heterocycles. The van der Waals surface area contributed by atoms with Gasteiger partial charge in [0.15, 0.2) is 6.10 Å². The Morgan fingerprint density at radius 3 is 2.51 bits per heavy atom. The minimum absolute atomic E-state index is 0.271. The van der Waals surface area contributed by atoms with Gasteiger partial charge in [-0.2, -0.15) is 0 Å². The van der Waals surface area contributed by atoms with Gasteiger partial charge in [0.05, 0.1) is 5.56 Å². The van der Waals surface area contributed by atoms with Gasteiger partial charge in [-0.3, -0.25) is 4.79 Å². The molecular formula is C28H22N2O3S2. The molecule has 0 saturated heterocycles. The second-order valence-electron chi connectivity index (χ2n) is 8.01. The van der Waals surface area contributed by atoms with E-state index < -0.39 is 12.1 Å². The molecule has 0 radical (unpaired) electrons. The normalized spacial score (nSPS) is 11.9. The van der Waals surface area contributed by atoms with Crippen LogP contribution in [0.15, 0.2) is 94.8 Å². The number of carbonyl (C=O) groups excluding carboxylic acids is 2. The van der Waals surface area contributed by atoms with Crippen LogP contribution in [0.5, 0.6) is 0 Å². The maximum Gasteiger partial charge on any atom is 0.339 e. The number of hydrogen-bond acceptors (Lipinski definition) is 6. The lowest BCUT2D eigenvalue weighted by molar-refractivity contribution is 0.0280. The number of aryl methyl sites for hydroxylation is 1. The summed E-state index contributed by atoms with van der Waals surface area (Å²) in [6.45, 7) is 1.96. The van der Waals surface area contributed by atoms with Gasteiger partial charge in [0.1, 0.15) is 4.34 Å². The number of rotatable bonds is 8. The quantitative estimate of drug-likeness (QED) is 0.142. The Morgan fingerprint density at radius 2 is 1.71 bits per heavy atom. The Labute approximate surface area is 211 Å². The van der Waals surface area contributed by atoms with E-state index in [1.54, 1.807) is 53.6 Å². The highest BCUT2D eigenvalue weighted by Crippen LogP contribution is 2.30. The number of ether oxygens (including phenoxy) is 1. The zero-order valence-electron chi connectivity index (χ0n) is 18.9. The molecule has 0 unspecified atom stereocenters. The largest absolute Gasteiger partial charge is 0.445 e. The van der Waals surface area contributed by atoms with Crippen LogP contribution < -0.4 is 0 Å². The van der Waals surface area contributed by atoms with E-state index in [4.69, 9.17) is 4.74 Å². The summed E-state index contributed by atoms with van der Waals surface area (Å²) in [5, 5.41) is 2.80. The number of para-hydroxylation sites is 1. The summed E-state index contributed by atoms with van der Waals surface area (Å²) >= 11 is 3.16. The highest BCUT2D eigenvalue weighted by Gasteiger charge is 2.29. The Bertz CT molecular complexity index is 1490. The number of hydrogen-bond donors (Lipinski definition) is 1. The number of nitrogens with one attached hydrogen (secondary N) is 1. The Kier molecular flexibility index (Phi) is 6.79. The molecule has 5 rings (SSSR count). The van der Waals surface area contributed by atoms with Gasteiger partial charge in [-0.05, 0) is 24.6 Å². The Morgan fingerprint density at radius 1 is 0.971 bits per heavy atom. The molecule has 7 heteroatoms. The number of Topliss-reactive ketones (excluding diaryl/α,β-unsaturated/α-hetero) is 1. The molecule has 5 nitrogen and oxygen atoms in total.